The maximum absolute atomic E-state index is 14.2. The number of rotatable bonds is 2. The third kappa shape index (κ3) is 2.34. The van der Waals surface area contributed by atoms with Gasteiger partial charge in [-0.15, -0.1) is 0 Å². The van der Waals surface area contributed by atoms with Crippen LogP contribution in [0.3, 0.4) is 0 Å². The van der Waals surface area contributed by atoms with Crippen LogP contribution in [0.4, 0.5) is 0 Å². The van der Waals surface area contributed by atoms with E-state index >= 15 is 0 Å². The normalized spacial score (nSPS) is 31.9. The van der Waals surface area contributed by atoms with Crippen molar-refractivity contribution >= 4 is 5.91 Å². The fourth-order valence-corrected chi connectivity index (χ4v) is 6.34. The number of carbonyl (C=O) groups excluding carboxylic acids is 1. The Morgan fingerprint density at radius 3 is 2.36 bits per heavy atom. The van der Waals surface area contributed by atoms with Crippen LogP contribution >= 0.6 is 0 Å². The summed E-state index contributed by atoms with van der Waals surface area (Å²) >= 11 is 0. The quantitative estimate of drug-likeness (QED) is 0.721. The number of ether oxygens (including phenoxy) is 2. The predicted molar refractivity (Wildman–Crippen MR) is 108 cm³/mol. The van der Waals surface area contributed by atoms with E-state index in [2.05, 4.69) is 49.1 Å². The van der Waals surface area contributed by atoms with E-state index in [9.17, 15) is 4.79 Å². The average molecular weight is 382 g/mol. The first-order valence-corrected chi connectivity index (χ1v) is 10.9. The second-order valence-corrected chi connectivity index (χ2v) is 9.36. The molecular weight excluding hydrogens is 350 g/mol. The van der Waals surface area contributed by atoms with Crippen LogP contribution in [-0.4, -0.2) is 42.4 Å². The van der Waals surface area contributed by atoms with Gasteiger partial charge in [-0.25, -0.2) is 0 Å². The number of carbonyl (C=O) groups is 1. The first-order chi connectivity index (χ1) is 13.5. The van der Waals surface area contributed by atoms with Gasteiger partial charge in [0.05, 0.1) is 18.6 Å². The Balaban J connectivity index is 1.65. The van der Waals surface area contributed by atoms with Crippen LogP contribution in [0.25, 0.3) is 0 Å². The Bertz CT molecular complexity index is 787. The molecule has 2 heterocycles. The monoisotopic (exact) mass is 381 g/mol. The van der Waals surface area contributed by atoms with Crippen molar-refractivity contribution in [2.45, 2.75) is 69.6 Å². The Morgan fingerprint density at radius 2 is 1.68 bits per heavy atom. The molecule has 4 heteroatoms. The molecule has 5 rings (SSSR count). The van der Waals surface area contributed by atoms with Gasteiger partial charge in [-0.3, -0.25) is 4.79 Å². The summed E-state index contributed by atoms with van der Waals surface area (Å²) in [5, 5.41) is 0. The molecule has 3 fully saturated rings. The lowest BCUT2D eigenvalue weighted by Gasteiger charge is -2.57. The molecular formula is C24H31NO3. The van der Waals surface area contributed by atoms with E-state index in [0.717, 1.165) is 31.2 Å². The van der Waals surface area contributed by atoms with E-state index in [1.54, 1.807) is 0 Å². The molecule has 1 atom stereocenters. The Labute approximate surface area is 167 Å². The highest BCUT2D eigenvalue weighted by Gasteiger charge is 2.65. The SMILES string of the molecule is CC1(C)C2=CCN(C3CCCC3)C(=O)C2(c2ccccc2)CCC12OCCO2. The smallest absolute Gasteiger partial charge is 0.237 e. The number of nitrogens with zero attached hydrogens (tertiary/aromatic N) is 1. The highest BCUT2D eigenvalue weighted by atomic mass is 16.7. The van der Waals surface area contributed by atoms with Crippen molar-refractivity contribution < 1.29 is 14.3 Å². The molecule has 2 aliphatic carbocycles. The molecule has 0 N–H and O–H groups in total. The number of hydrogen-bond donors (Lipinski definition) is 0. The minimum atomic E-state index is -0.604. The molecule has 1 spiro atoms. The van der Waals surface area contributed by atoms with Crippen LogP contribution < -0.4 is 0 Å². The van der Waals surface area contributed by atoms with Gasteiger partial charge < -0.3 is 14.4 Å². The average Bonchev–Trinajstić information content (AvgIpc) is 3.40. The minimum absolute atomic E-state index is 0.295. The van der Waals surface area contributed by atoms with Crippen LogP contribution in [0.1, 0.15) is 57.9 Å². The molecule has 4 nitrogen and oxygen atoms in total. The van der Waals surface area contributed by atoms with E-state index in [0.29, 0.717) is 31.7 Å². The molecule has 1 saturated heterocycles. The van der Waals surface area contributed by atoms with Gasteiger partial charge in [0.15, 0.2) is 5.79 Å². The van der Waals surface area contributed by atoms with Gasteiger partial charge in [-0.1, -0.05) is 63.1 Å². The van der Waals surface area contributed by atoms with E-state index in [-0.39, 0.29) is 5.41 Å². The van der Waals surface area contributed by atoms with Crippen molar-refractivity contribution in [2.24, 2.45) is 5.41 Å². The largest absolute Gasteiger partial charge is 0.347 e. The van der Waals surface area contributed by atoms with Crippen LogP contribution in [0.15, 0.2) is 42.0 Å². The first-order valence-electron chi connectivity index (χ1n) is 10.9. The van der Waals surface area contributed by atoms with Crippen LogP contribution in [0, 0.1) is 5.41 Å². The molecule has 2 saturated carbocycles. The number of hydrogen-bond acceptors (Lipinski definition) is 3. The van der Waals surface area contributed by atoms with E-state index in [4.69, 9.17) is 9.47 Å². The summed E-state index contributed by atoms with van der Waals surface area (Å²) in [7, 11) is 0. The van der Waals surface area contributed by atoms with Crippen molar-refractivity contribution in [3.63, 3.8) is 0 Å². The number of amides is 1. The van der Waals surface area contributed by atoms with Gasteiger partial charge in [0.1, 0.15) is 0 Å². The van der Waals surface area contributed by atoms with Gasteiger partial charge in [0, 0.05) is 24.4 Å². The topological polar surface area (TPSA) is 38.8 Å². The van der Waals surface area contributed by atoms with Crippen LogP contribution in [0.2, 0.25) is 0 Å². The van der Waals surface area contributed by atoms with Gasteiger partial charge >= 0.3 is 0 Å². The van der Waals surface area contributed by atoms with Crippen molar-refractivity contribution in [1.82, 2.24) is 4.90 Å². The molecule has 0 aromatic heterocycles. The van der Waals surface area contributed by atoms with Crippen molar-refractivity contribution in [1.29, 1.82) is 0 Å². The Hall–Kier alpha value is -1.65. The summed E-state index contributed by atoms with van der Waals surface area (Å²) in [5.41, 5.74) is 1.37. The predicted octanol–water partition coefficient (Wildman–Crippen LogP) is 4.20. The molecule has 0 bridgehead atoms. The molecule has 1 aromatic carbocycles. The summed E-state index contributed by atoms with van der Waals surface area (Å²) in [5.74, 6) is -0.309. The lowest BCUT2D eigenvalue weighted by molar-refractivity contribution is -0.236. The zero-order chi connectivity index (χ0) is 19.4. The van der Waals surface area contributed by atoms with Crippen LogP contribution in [-0.2, 0) is 19.7 Å². The van der Waals surface area contributed by atoms with Crippen molar-refractivity contribution in [3.05, 3.63) is 47.5 Å². The second-order valence-electron chi connectivity index (χ2n) is 9.36. The van der Waals surface area contributed by atoms with Crippen molar-refractivity contribution in [2.75, 3.05) is 19.8 Å². The lowest BCUT2D eigenvalue weighted by Crippen LogP contribution is -2.63. The zero-order valence-corrected chi connectivity index (χ0v) is 17.1. The summed E-state index contributed by atoms with van der Waals surface area (Å²) in [6, 6.07) is 10.8. The Kier molecular flexibility index (Phi) is 4.22. The van der Waals surface area contributed by atoms with Crippen molar-refractivity contribution in [3.8, 4) is 0 Å². The highest BCUT2D eigenvalue weighted by Crippen LogP contribution is 2.60. The summed E-state index contributed by atoms with van der Waals surface area (Å²) < 4.78 is 12.4. The standard InChI is InChI=1S/C24H31NO3/c1-22(2)20-12-15-25(19-10-6-7-11-19)21(26)23(20,18-8-4-3-5-9-18)13-14-24(22)27-16-17-28-24/h3-5,8-9,12,19H,6-7,10-11,13-17H2,1-2H3. The third-order valence-electron chi connectivity index (χ3n) is 7.82. The van der Waals surface area contributed by atoms with E-state index < -0.39 is 11.2 Å². The molecule has 4 aliphatic rings. The molecule has 1 unspecified atom stereocenters. The molecule has 1 aromatic rings. The molecule has 0 radical (unpaired) electrons. The molecule has 150 valence electrons. The van der Waals surface area contributed by atoms with E-state index in [1.165, 1.54) is 18.4 Å². The third-order valence-corrected chi connectivity index (χ3v) is 7.82. The Morgan fingerprint density at radius 1 is 1.00 bits per heavy atom. The molecule has 1 amide bonds. The molecule has 28 heavy (non-hydrogen) atoms. The fourth-order valence-electron chi connectivity index (χ4n) is 6.34. The maximum Gasteiger partial charge on any atom is 0.237 e. The van der Waals surface area contributed by atoms with E-state index in [1.807, 2.05) is 6.07 Å². The zero-order valence-electron chi connectivity index (χ0n) is 17.1. The van der Waals surface area contributed by atoms with Crippen LogP contribution in [0.5, 0.6) is 0 Å². The summed E-state index contributed by atoms with van der Waals surface area (Å²) in [4.78, 5) is 16.3. The van der Waals surface area contributed by atoms with Gasteiger partial charge in [-0.2, -0.15) is 0 Å². The highest BCUT2D eigenvalue weighted by molar-refractivity contribution is 5.94. The molecule has 2 aliphatic heterocycles. The fraction of sp³-hybridized carbons (Fsp3) is 0.625. The van der Waals surface area contributed by atoms with Gasteiger partial charge in [0.25, 0.3) is 0 Å². The maximum atomic E-state index is 14.2. The first kappa shape index (κ1) is 18.4. The summed E-state index contributed by atoms with van der Waals surface area (Å²) in [6.45, 7) is 6.40. The number of benzene rings is 1. The van der Waals surface area contributed by atoms with Gasteiger partial charge in [0.2, 0.25) is 5.91 Å². The van der Waals surface area contributed by atoms with Gasteiger partial charge in [-0.05, 0) is 30.4 Å². The second kappa shape index (κ2) is 6.43. The lowest BCUT2D eigenvalue weighted by atomic mass is 9.53. The number of fused-ring (bicyclic) bond motifs is 1. The minimum Gasteiger partial charge on any atom is -0.347 e. The summed E-state index contributed by atoms with van der Waals surface area (Å²) in [6.07, 6.45) is 8.57.